The van der Waals surface area contributed by atoms with Gasteiger partial charge in [0.2, 0.25) is 5.95 Å². The molecule has 2 atom stereocenters. The smallest absolute Gasteiger partial charge is 0.416 e. The third kappa shape index (κ3) is 5.95. The lowest BCUT2D eigenvalue weighted by atomic mass is 9.95. The molecule has 46 heavy (non-hydrogen) atoms. The Bertz CT molecular complexity index is 1930. The van der Waals surface area contributed by atoms with E-state index >= 15 is 0 Å². The van der Waals surface area contributed by atoms with Gasteiger partial charge in [-0.25, -0.2) is 19.7 Å². The number of pyridine rings is 1. The Labute approximate surface area is 263 Å². The van der Waals surface area contributed by atoms with Crippen LogP contribution in [-0.4, -0.2) is 46.6 Å². The molecule has 9 nitrogen and oxygen atoms in total. The van der Waals surface area contributed by atoms with Crippen LogP contribution in [0.3, 0.4) is 0 Å². The maximum atomic E-state index is 13.6. The van der Waals surface area contributed by atoms with Gasteiger partial charge in [-0.3, -0.25) is 14.5 Å². The van der Waals surface area contributed by atoms with E-state index in [1.54, 1.807) is 55.6 Å². The molecule has 0 spiro atoms. The molecule has 1 amide bonds. The number of hydrogen-bond acceptors (Lipinski definition) is 7. The van der Waals surface area contributed by atoms with Crippen LogP contribution in [0.5, 0.6) is 0 Å². The molecular weight excluding hydrogens is 597 g/mol. The van der Waals surface area contributed by atoms with Crippen LogP contribution >= 0.6 is 0 Å². The fraction of sp³-hybridized carbons (Fsp3) is 0.265. The number of cyclic esters (lactones) is 1. The van der Waals surface area contributed by atoms with E-state index in [1.807, 2.05) is 32.0 Å². The van der Waals surface area contributed by atoms with E-state index in [2.05, 4.69) is 21.0 Å². The number of ether oxygens (including phenoxy) is 1. The van der Waals surface area contributed by atoms with Gasteiger partial charge in [0.25, 0.3) is 0 Å². The van der Waals surface area contributed by atoms with E-state index in [-0.39, 0.29) is 18.7 Å². The van der Waals surface area contributed by atoms with Crippen LogP contribution in [-0.2, 0) is 24.1 Å². The van der Waals surface area contributed by atoms with Gasteiger partial charge >= 0.3 is 12.3 Å². The molecule has 2 aromatic carbocycles. The number of benzene rings is 2. The van der Waals surface area contributed by atoms with Gasteiger partial charge in [0, 0.05) is 41.5 Å². The normalized spacial score (nSPS) is 16.6. The molecule has 1 aliphatic heterocycles. The van der Waals surface area contributed by atoms with Crippen molar-refractivity contribution in [3.05, 3.63) is 113 Å². The number of aryl methyl sites for hydroxylation is 3. The fourth-order valence-electron chi connectivity index (χ4n) is 5.85. The van der Waals surface area contributed by atoms with Gasteiger partial charge in [0.15, 0.2) is 0 Å². The van der Waals surface area contributed by atoms with Gasteiger partial charge < -0.3 is 9.84 Å². The Hall–Kier alpha value is -5.10. The van der Waals surface area contributed by atoms with Crippen molar-refractivity contribution in [3.8, 4) is 28.2 Å². The number of hydrogen-bond donors (Lipinski definition) is 1. The zero-order chi connectivity index (χ0) is 32.7. The highest BCUT2D eigenvalue weighted by Crippen LogP contribution is 2.39. The standard InChI is InChI=1S/C34H31F3N6O3/c1-19-5-6-26(21(3)9-19)24-13-27(30(17-44)39-14-24)28-15-40-32(42-8-7-38-18-42)41-29(28)16-43-22(4)31(46-33(43)45)23-10-20(2)11-25(12-23)34(35,36)37/h5-15,18,22,31,44H,16-17H2,1-4H3/t22-,31-/m0/s1. The summed E-state index contributed by atoms with van der Waals surface area (Å²) in [5, 5.41) is 10.3. The number of halogens is 3. The molecule has 1 N–H and O–H groups in total. The molecule has 6 rings (SSSR count). The number of aliphatic hydroxyl groups is 1. The second-order valence-electron chi connectivity index (χ2n) is 11.5. The summed E-state index contributed by atoms with van der Waals surface area (Å²) in [5.74, 6) is 0.297. The van der Waals surface area contributed by atoms with Gasteiger partial charge in [-0.05, 0) is 62.6 Å². The van der Waals surface area contributed by atoms with Crippen LogP contribution in [0, 0.1) is 20.8 Å². The summed E-state index contributed by atoms with van der Waals surface area (Å²) in [4.78, 5) is 32.7. The van der Waals surface area contributed by atoms with Gasteiger partial charge in [-0.15, -0.1) is 0 Å². The Morgan fingerprint density at radius 1 is 0.935 bits per heavy atom. The van der Waals surface area contributed by atoms with Crippen LogP contribution in [0.2, 0.25) is 0 Å². The highest BCUT2D eigenvalue weighted by molar-refractivity contribution is 5.77. The third-order valence-corrected chi connectivity index (χ3v) is 8.16. The van der Waals surface area contributed by atoms with Gasteiger partial charge in [0.1, 0.15) is 12.4 Å². The molecular formula is C34H31F3N6O3. The average molecular weight is 629 g/mol. The summed E-state index contributed by atoms with van der Waals surface area (Å²) in [7, 11) is 0. The van der Waals surface area contributed by atoms with E-state index < -0.39 is 30.0 Å². The van der Waals surface area contributed by atoms with Crippen molar-refractivity contribution < 1.29 is 27.8 Å². The molecule has 0 radical (unpaired) electrons. The molecule has 0 aliphatic carbocycles. The van der Waals surface area contributed by atoms with Gasteiger partial charge in [0.05, 0.1) is 36.1 Å². The summed E-state index contributed by atoms with van der Waals surface area (Å²) >= 11 is 0. The number of carbonyl (C=O) groups is 1. The van der Waals surface area contributed by atoms with Crippen molar-refractivity contribution in [2.75, 3.05) is 0 Å². The first-order chi connectivity index (χ1) is 21.9. The number of rotatable bonds is 7. The Kier molecular flexibility index (Phi) is 8.07. The average Bonchev–Trinajstić information content (AvgIpc) is 3.65. The number of carbonyl (C=O) groups excluding carboxylic acids is 1. The van der Waals surface area contributed by atoms with Gasteiger partial charge in [-0.1, -0.05) is 35.4 Å². The van der Waals surface area contributed by atoms with Crippen molar-refractivity contribution in [2.24, 2.45) is 0 Å². The van der Waals surface area contributed by atoms with Crippen LogP contribution in [0.25, 0.3) is 28.2 Å². The highest BCUT2D eigenvalue weighted by atomic mass is 19.4. The monoisotopic (exact) mass is 628 g/mol. The van der Waals surface area contributed by atoms with Crippen LogP contribution in [0.4, 0.5) is 18.0 Å². The molecule has 5 aromatic rings. The molecule has 0 saturated carbocycles. The van der Waals surface area contributed by atoms with E-state index in [0.29, 0.717) is 34.0 Å². The molecule has 1 fully saturated rings. The lowest BCUT2D eigenvalue weighted by molar-refractivity contribution is -0.137. The molecule has 4 heterocycles. The fourth-order valence-corrected chi connectivity index (χ4v) is 5.85. The quantitative estimate of drug-likeness (QED) is 0.209. The van der Waals surface area contributed by atoms with Crippen molar-refractivity contribution >= 4 is 6.09 Å². The summed E-state index contributed by atoms with van der Waals surface area (Å²) in [6.45, 7) is 6.92. The minimum atomic E-state index is -4.55. The highest BCUT2D eigenvalue weighted by Gasteiger charge is 2.41. The largest absolute Gasteiger partial charge is 0.439 e. The lowest BCUT2D eigenvalue weighted by Crippen LogP contribution is -2.32. The first-order valence-electron chi connectivity index (χ1n) is 14.6. The maximum absolute atomic E-state index is 13.6. The molecule has 0 bridgehead atoms. The second kappa shape index (κ2) is 12.0. The summed E-state index contributed by atoms with van der Waals surface area (Å²) in [6, 6.07) is 11.1. The second-order valence-corrected chi connectivity index (χ2v) is 11.5. The van der Waals surface area contributed by atoms with Crippen molar-refractivity contribution in [3.63, 3.8) is 0 Å². The predicted molar refractivity (Wildman–Crippen MR) is 164 cm³/mol. The van der Waals surface area contributed by atoms with Crippen LogP contribution in [0.1, 0.15) is 52.2 Å². The van der Waals surface area contributed by atoms with E-state index in [9.17, 15) is 23.1 Å². The minimum Gasteiger partial charge on any atom is -0.439 e. The molecule has 3 aromatic heterocycles. The number of amides is 1. The molecule has 1 aliphatic rings. The summed E-state index contributed by atoms with van der Waals surface area (Å²) in [5.41, 5.74) is 5.76. The SMILES string of the molecule is Cc1cc([C@H]2OC(=O)N(Cc3nc(-n4ccnc4)ncc3-c3cc(-c4ccc(C)cc4C)cnc3CO)[C@H]2C)cc(C(F)(F)F)c1. The predicted octanol–water partition coefficient (Wildman–Crippen LogP) is 6.91. The third-order valence-electron chi connectivity index (χ3n) is 8.16. The lowest BCUT2D eigenvalue weighted by Gasteiger charge is -2.23. The first-order valence-corrected chi connectivity index (χ1v) is 14.6. The molecule has 12 heteroatoms. The minimum absolute atomic E-state index is 0.0490. The molecule has 1 saturated heterocycles. The Balaban J connectivity index is 1.42. The number of aromatic nitrogens is 5. The molecule has 0 unspecified atom stereocenters. The van der Waals surface area contributed by atoms with Gasteiger partial charge in [-0.2, -0.15) is 13.2 Å². The van der Waals surface area contributed by atoms with Crippen molar-refractivity contribution in [1.29, 1.82) is 0 Å². The Morgan fingerprint density at radius 2 is 1.74 bits per heavy atom. The maximum Gasteiger partial charge on any atom is 0.416 e. The van der Waals surface area contributed by atoms with E-state index in [1.165, 1.54) is 4.90 Å². The molecule has 236 valence electrons. The number of imidazole rings is 1. The van der Waals surface area contributed by atoms with Crippen LogP contribution in [0.15, 0.2) is 73.6 Å². The number of nitrogens with zero attached hydrogens (tertiary/aromatic N) is 6. The topological polar surface area (TPSA) is 106 Å². The Morgan fingerprint density at radius 3 is 2.43 bits per heavy atom. The number of alkyl halides is 3. The first kappa shape index (κ1) is 30.9. The van der Waals surface area contributed by atoms with Crippen LogP contribution < -0.4 is 0 Å². The summed E-state index contributed by atoms with van der Waals surface area (Å²) < 4.78 is 48.1. The zero-order valence-electron chi connectivity index (χ0n) is 25.6. The zero-order valence-corrected chi connectivity index (χ0v) is 25.6. The van der Waals surface area contributed by atoms with Crippen molar-refractivity contribution in [1.82, 2.24) is 29.4 Å². The van der Waals surface area contributed by atoms with E-state index in [4.69, 9.17) is 9.72 Å². The van der Waals surface area contributed by atoms with E-state index in [0.717, 1.165) is 34.4 Å². The summed E-state index contributed by atoms with van der Waals surface area (Å²) in [6.07, 6.45) is 1.95. The van der Waals surface area contributed by atoms with Crippen molar-refractivity contribution in [2.45, 2.75) is 59.2 Å². The number of aliphatic hydroxyl groups excluding tert-OH is 1.